The van der Waals surface area contributed by atoms with Gasteiger partial charge in [-0.05, 0) is 32.2 Å². The minimum absolute atomic E-state index is 0.296. The molecule has 1 aliphatic heterocycles. The lowest BCUT2D eigenvalue weighted by Gasteiger charge is -2.35. The number of nitrogens with zero attached hydrogens (tertiary/aromatic N) is 1. The van der Waals surface area contributed by atoms with Gasteiger partial charge in [-0.3, -0.25) is 0 Å². The molecule has 0 aromatic heterocycles. The monoisotopic (exact) mass is 235 g/mol. The predicted molar refractivity (Wildman–Crippen MR) is 57.8 cm³/mol. The molecule has 0 amide bonds. The fraction of sp³-hybridized carbons (Fsp3) is 0.889. The molecular weight excluding hydrogens is 218 g/mol. The van der Waals surface area contributed by atoms with E-state index in [1.807, 2.05) is 0 Å². The number of carboxylic acids is 1. The molecule has 1 aliphatic rings. The minimum Gasteiger partial charge on any atom is -0.479 e. The van der Waals surface area contributed by atoms with E-state index in [1.165, 1.54) is 0 Å². The summed E-state index contributed by atoms with van der Waals surface area (Å²) >= 11 is 3.64. The number of hydrogen-bond donors (Lipinski definition) is 3. The summed E-state index contributed by atoms with van der Waals surface area (Å²) < 4.78 is 4.64. The van der Waals surface area contributed by atoms with Gasteiger partial charge in [-0.1, -0.05) is 0 Å². The van der Waals surface area contributed by atoms with Gasteiger partial charge in [0.2, 0.25) is 0 Å². The molecule has 0 saturated carbocycles. The summed E-state index contributed by atoms with van der Waals surface area (Å²) in [5.41, 5.74) is -1.52. The van der Waals surface area contributed by atoms with E-state index < -0.39 is 11.6 Å². The molecule has 0 aromatic rings. The molecular formula is C9H17NO4S. The Hall–Kier alpha value is -0.300. The van der Waals surface area contributed by atoms with Gasteiger partial charge in [0.25, 0.3) is 0 Å². The van der Waals surface area contributed by atoms with Crippen molar-refractivity contribution in [1.82, 2.24) is 4.90 Å². The van der Waals surface area contributed by atoms with Gasteiger partial charge in [0.05, 0.1) is 6.61 Å². The third kappa shape index (κ3) is 3.64. The van der Waals surface area contributed by atoms with Crippen molar-refractivity contribution < 1.29 is 19.2 Å². The van der Waals surface area contributed by atoms with Crippen LogP contribution in [0.5, 0.6) is 0 Å². The normalized spacial score (nSPS) is 21.5. The molecule has 0 aliphatic carbocycles. The van der Waals surface area contributed by atoms with Crippen LogP contribution in [0.3, 0.4) is 0 Å². The van der Waals surface area contributed by atoms with Crippen molar-refractivity contribution in [3.8, 4) is 0 Å². The van der Waals surface area contributed by atoms with Crippen molar-refractivity contribution in [1.29, 1.82) is 0 Å². The topological polar surface area (TPSA) is 70.0 Å². The largest absolute Gasteiger partial charge is 0.479 e. The summed E-state index contributed by atoms with van der Waals surface area (Å²) in [6.45, 7) is 2.68. The van der Waals surface area contributed by atoms with Crippen LogP contribution in [0, 0.1) is 0 Å². The van der Waals surface area contributed by atoms with Crippen LogP contribution >= 0.6 is 12.9 Å². The standard InChI is InChI=1S/C9H17NO4S/c11-8(12)9(13)2-5-10(6-3-9)4-1-7-14-15/h13,15H,1-7H2,(H,11,12). The average molecular weight is 235 g/mol. The van der Waals surface area contributed by atoms with Crippen molar-refractivity contribution in [2.45, 2.75) is 24.9 Å². The van der Waals surface area contributed by atoms with Gasteiger partial charge in [0.1, 0.15) is 0 Å². The Bertz CT molecular complexity index is 216. The molecule has 0 unspecified atom stereocenters. The van der Waals surface area contributed by atoms with Crippen molar-refractivity contribution in [3.05, 3.63) is 0 Å². The molecule has 0 atom stereocenters. The second-order valence-corrected chi connectivity index (χ2v) is 4.12. The highest BCUT2D eigenvalue weighted by Crippen LogP contribution is 2.22. The Balaban J connectivity index is 2.26. The minimum atomic E-state index is -1.52. The highest BCUT2D eigenvalue weighted by atomic mass is 32.1. The van der Waals surface area contributed by atoms with Crippen molar-refractivity contribution in [3.63, 3.8) is 0 Å². The number of hydrogen-bond acceptors (Lipinski definition) is 5. The number of carbonyl (C=O) groups is 1. The van der Waals surface area contributed by atoms with E-state index in [0.717, 1.165) is 13.0 Å². The fourth-order valence-electron chi connectivity index (χ4n) is 1.71. The van der Waals surface area contributed by atoms with Crippen LogP contribution in [0.4, 0.5) is 0 Å². The second kappa shape index (κ2) is 5.69. The third-order valence-corrected chi connectivity index (χ3v) is 2.97. The first-order valence-corrected chi connectivity index (χ1v) is 5.39. The van der Waals surface area contributed by atoms with E-state index in [-0.39, 0.29) is 0 Å². The molecule has 88 valence electrons. The maximum Gasteiger partial charge on any atom is 0.335 e. The maximum atomic E-state index is 10.7. The lowest BCUT2D eigenvalue weighted by atomic mass is 9.91. The number of rotatable bonds is 5. The van der Waals surface area contributed by atoms with Crippen molar-refractivity contribution >= 4 is 18.9 Å². The lowest BCUT2D eigenvalue weighted by Crippen LogP contribution is -2.49. The Morgan fingerprint density at radius 3 is 2.53 bits per heavy atom. The molecule has 1 heterocycles. The summed E-state index contributed by atoms with van der Waals surface area (Å²) in [5, 5.41) is 18.5. The van der Waals surface area contributed by atoms with Crippen LogP contribution in [0.1, 0.15) is 19.3 Å². The Morgan fingerprint density at radius 2 is 2.07 bits per heavy atom. The van der Waals surface area contributed by atoms with E-state index in [4.69, 9.17) is 5.11 Å². The van der Waals surface area contributed by atoms with Gasteiger partial charge < -0.3 is 19.3 Å². The van der Waals surface area contributed by atoms with Gasteiger partial charge in [-0.15, -0.1) is 0 Å². The number of piperidine rings is 1. The third-order valence-electron chi connectivity index (χ3n) is 2.79. The first-order chi connectivity index (χ1) is 7.08. The summed E-state index contributed by atoms with van der Waals surface area (Å²) in [7, 11) is 0. The lowest BCUT2D eigenvalue weighted by molar-refractivity contribution is -0.163. The predicted octanol–water partition coefficient (Wildman–Crippen LogP) is 0.149. The SMILES string of the molecule is O=C(O)C1(O)CCN(CCCOS)CC1. The number of carboxylic acid groups (broad SMARTS) is 1. The van der Waals surface area contributed by atoms with Crippen LogP contribution < -0.4 is 0 Å². The van der Waals surface area contributed by atoms with Gasteiger partial charge in [-0.25, -0.2) is 4.79 Å². The van der Waals surface area contributed by atoms with Gasteiger partial charge in [0.15, 0.2) is 5.60 Å². The molecule has 6 heteroatoms. The smallest absolute Gasteiger partial charge is 0.335 e. The van der Waals surface area contributed by atoms with Crippen LogP contribution in [0.2, 0.25) is 0 Å². The Kier molecular flexibility index (Phi) is 4.85. The quantitative estimate of drug-likeness (QED) is 0.359. The van der Waals surface area contributed by atoms with E-state index in [9.17, 15) is 9.90 Å². The Morgan fingerprint density at radius 1 is 1.47 bits per heavy atom. The molecule has 0 radical (unpaired) electrons. The van der Waals surface area contributed by atoms with Gasteiger partial charge in [0, 0.05) is 19.6 Å². The molecule has 2 N–H and O–H groups in total. The zero-order valence-corrected chi connectivity index (χ0v) is 9.45. The molecule has 0 aromatic carbocycles. The molecule has 15 heavy (non-hydrogen) atoms. The summed E-state index contributed by atoms with van der Waals surface area (Å²) in [6.07, 6.45) is 1.46. The van der Waals surface area contributed by atoms with Crippen LogP contribution in [-0.2, 0) is 8.98 Å². The molecule has 1 rings (SSSR count). The van der Waals surface area contributed by atoms with Gasteiger partial charge in [-0.2, -0.15) is 0 Å². The first-order valence-electron chi connectivity index (χ1n) is 5.03. The number of aliphatic carboxylic acids is 1. The Labute approximate surface area is 94.6 Å². The zero-order chi connectivity index (χ0) is 11.3. The van der Waals surface area contributed by atoms with E-state index in [1.54, 1.807) is 0 Å². The summed E-state index contributed by atoms with van der Waals surface area (Å²) in [5.74, 6) is -1.11. The molecule has 1 saturated heterocycles. The van der Waals surface area contributed by atoms with Crippen molar-refractivity contribution in [2.24, 2.45) is 0 Å². The average Bonchev–Trinajstić information content (AvgIpc) is 2.21. The highest BCUT2D eigenvalue weighted by molar-refractivity contribution is 7.75. The summed E-state index contributed by atoms with van der Waals surface area (Å²) in [6, 6.07) is 0. The van der Waals surface area contributed by atoms with Crippen LogP contribution in [0.25, 0.3) is 0 Å². The zero-order valence-electron chi connectivity index (χ0n) is 8.56. The first kappa shape index (κ1) is 12.8. The summed E-state index contributed by atoms with van der Waals surface area (Å²) in [4.78, 5) is 12.9. The van der Waals surface area contributed by atoms with Crippen LogP contribution in [0.15, 0.2) is 0 Å². The van der Waals surface area contributed by atoms with E-state index in [0.29, 0.717) is 32.5 Å². The van der Waals surface area contributed by atoms with E-state index in [2.05, 4.69) is 22.0 Å². The van der Waals surface area contributed by atoms with E-state index >= 15 is 0 Å². The fourth-order valence-corrected chi connectivity index (χ4v) is 1.84. The van der Waals surface area contributed by atoms with Gasteiger partial charge >= 0.3 is 5.97 Å². The number of aliphatic hydroxyl groups is 1. The highest BCUT2D eigenvalue weighted by Gasteiger charge is 2.38. The second-order valence-electron chi connectivity index (χ2n) is 3.87. The molecule has 0 spiro atoms. The molecule has 0 bridgehead atoms. The van der Waals surface area contributed by atoms with Crippen LogP contribution in [-0.4, -0.2) is 52.9 Å². The maximum absolute atomic E-state index is 10.7. The number of likely N-dealkylation sites (tertiary alicyclic amines) is 1. The molecule has 1 fully saturated rings. The molecule has 5 nitrogen and oxygen atoms in total. The van der Waals surface area contributed by atoms with Crippen molar-refractivity contribution in [2.75, 3.05) is 26.2 Å². The number of thiol groups is 1.